The molecule has 9 heavy (non-hydrogen) atoms. The van der Waals surface area contributed by atoms with Gasteiger partial charge in [-0.3, -0.25) is 4.79 Å². The van der Waals surface area contributed by atoms with Gasteiger partial charge in [0.15, 0.2) is 0 Å². The molecule has 0 atom stereocenters. The van der Waals surface area contributed by atoms with Crippen LogP contribution in [0, 0.1) is 0 Å². The van der Waals surface area contributed by atoms with Crippen LogP contribution in [0.3, 0.4) is 0 Å². The quantitative estimate of drug-likeness (QED) is 0.181. The lowest BCUT2D eigenvalue weighted by Gasteiger charge is -1.97. The minimum atomic E-state index is -0.151. The normalized spacial score (nSPS) is 11.0. The van der Waals surface area contributed by atoms with E-state index in [-0.39, 0.29) is 18.3 Å². The standard InChI is InChI=1S/C4H10N4O/c1-3(9)7-2-4(5)8-6/h2,6H2,1H3,(H2,5,8)(H,7,9). The Labute approximate surface area is 53.1 Å². The second-order valence-electron chi connectivity index (χ2n) is 1.53. The number of carbonyl (C=O) groups excluding carboxylic acids is 1. The summed E-state index contributed by atoms with van der Waals surface area (Å²) in [5.41, 5.74) is 5.13. The zero-order valence-corrected chi connectivity index (χ0v) is 5.22. The number of amidine groups is 1. The van der Waals surface area contributed by atoms with E-state index in [9.17, 15) is 4.79 Å². The molecular formula is C4H10N4O. The first-order chi connectivity index (χ1) is 4.16. The predicted molar refractivity (Wildman–Crippen MR) is 34.5 cm³/mol. The van der Waals surface area contributed by atoms with Gasteiger partial charge >= 0.3 is 0 Å². The molecule has 5 nitrogen and oxygen atoms in total. The van der Waals surface area contributed by atoms with Crippen molar-refractivity contribution in [2.45, 2.75) is 6.92 Å². The highest BCUT2D eigenvalue weighted by Gasteiger charge is 1.91. The van der Waals surface area contributed by atoms with Gasteiger partial charge in [0.1, 0.15) is 5.84 Å². The van der Waals surface area contributed by atoms with Crippen molar-refractivity contribution in [2.24, 2.45) is 16.7 Å². The number of carbonyl (C=O) groups is 1. The minimum Gasteiger partial charge on any atom is -0.384 e. The molecule has 0 spiro atoms. The molecule has 5 heteroatoms. The van der Waals surface area contributed by atoms with Crippen molar-refractivity contribution in [1.82, 2.24) is 5.32 Å². The highest BCUT2D eigenvalue weighted by atomic mass is 16.1. The van der Waals surface area contributed by atoms with E-state index < -0.39 is 0 Å². The summed E-state index contributed by atoms with van der Waals surface area (Å²) in [5.74, 6) is 4.83. The van der Waals surface area contributed by atoms with E-state index >= 15 is 0 Å². The number of hydrogen-bond donors (Lipinski definition) is 3. The van der Waals surface area contributed by atoms with Crippen LogP contribution in [0.25, 0.3) is 0 Å². The number of rotatable bonds is 2. The maximum atomic E-state index is 10.2. The Morgan fingerprint density at radius 3 is 2.67 bits per heavy atom. The van der Waals surface area contributed by atoms with Crippen molar-refractivity contribution < 1.29 is 4.79 Å². The van der Waals surface area contributed by atoms with Crippen LogP contribution in [0.2, 0.25) is 0 Å². The van der Waals surface area contributed by atoms with Gasteiger partial charge in [0, 0.05) is 6.92 Å². The zero-order chi connectivity index (χ0) is 7.28. The minimum absolute atomic E-state index is 0.151. The summed E-state index contributed by atoms with van der Waals surface area (Å²) >= 11 is 0. The Balaban J connectivity index is 3.39. The maximum absolute atomic E-state index is 10.2. The molecule has 0 aliphatic rings. The molecule has 0 aromatic carbocycles. The first-order valence-electron chi connectivity index (χ1n) is 2.43. The molecule has 0 bridgehead atoms. The Kier molecular flexibility index (Phi) is 3.19. The van der Waals surface area contributed by atoms with Crippen LogP contribution in [0.1, 0.15) is 6.92 Å². The van der Waals surface area contributed by atoms with Gasteiger partial charge in [-0.25, -0.2) is 0 Å². The van der Waals surface area contributed by atoms with Gasteiger partial charge in [0.2, 0.25) is 5.91 Å². The fraction of sp³-hybridized carbons (Fsp3) is 0.500. The van der Waals surface area contributed by atoms with Gasteiger partial charge in [-0.15, -0.1) is 0 Å². The van der Waals surface area contributed by atoms with Gasteiger partial charge in [0.05, 0.1) is 6.54 Å². The molecule has 0 saturated heterocycles. The van der Waals surface area contributed by atoms with Crippen molar-refractivity contribution in [1.29, 1.82) is 0 Å². The molecule has 0 rings (SSSR count). The van der Waals surface area contributed by atoms with Gasteiger partial charge in [-0.05, 0) is 0 Å². The molecule has 5 N–H and O–H groups in total. The van der Waals surface area contributed by atoms with Crippen LogP contribution in [0.15, 0.2) is 5.10 Å². The largest absolute Gasteiger partial charge is 0.384 e. The number of nitrogens with one attached hydrogen (secondary N) is 1. The molecule has 0 aromatic rings. The molecule has 0 aliphatic heterocycles. The third-order valence-electron chi connectivity index (χ3n) is 0.684. The monoisotopic (exact) mass is 130 g/mol. The summed E-state index contributed by atoms with van der Waals surface area (Å²) in [6, 6.07) is 0. The first kappa shape index (κ1) is 7.74. The molecule has 1 amide bonds. The van der Waals surface area contributed by atoms with E-state index in [4.69, 9.17) is 11.6 Å². The maximum Gasteiger partial charge on any atom is 0.217 e. The summed E-state index contributed by atoms with van der Waals surface area (Å²) in [4.78, 5) is 10.2. The molecule has 0 fully saturated rings. The van der Waals surface area contributed by atoms with Gasteiger partial charge < -0.3 is 16.9 Å². The lowest BCUT2D eigenvalue weighted by Crippen LogP contribution is -2.32. The van der Waals surface area contributed by atoms with Gasteiger partial charge in [-0.1, -0.05) is 0 Å². The number of nitrogens with two attached hydrogens (primary N) is 2. The van der Waals surface area contributed by atoms with Crippen molar-refractivity contribution >= 4 is 11.7 Å². The smallest absolute Gasteiger partial charge is 0.217 e. The summed E-state index contributed by atoms with van der Waals surface area (Å²) in [7, 11) is 0. The topological polar surface area (TPSA) is 93.5 Å². The van der Waals surface area contributed by atoms with Crippen molar-refractivity contribution in [3.05, 3.63) is 0 Å². The SMILES string of the molecule is CC(=O)NC/C(N)=N/N. The number of hydrazone groups is 1. The van der Waals surface area contributed by atoms with Crippen LogP contribution < -0.4 is 16.9 Å². The van der Waals surface area contributed by atoms with E-state index in [1.807, 2.05) is 0 Å². The van der Waals surface area contributed by atoms with Gasteiger partial charge in [0.25, 0.3) is 0 Å². The summed E-state index contributed by atoms with van der Waals surface area (Å²) < 4.78 is 0. The fourth-order valence-corrected chi connectivity index (χ4v) is 0.261. The zero-order valence-electron chi connectivity index (χ0n) is 5.22. The lowest BCUT2D eigenvalue weighted by molar-refractivity contribution is -0.118. The molecular weight excluding hydrogens is 120 g/mol. The number of hydrogen-bond acceptors (Lipinski definition) is 3. The molecule has 0 aliphatic carbocycles. The molecule has 0 radical (unpaired) electrons. The van der Waals surface area contributed by atoms with Crippen molar-refractivity contribution in [3.8, 4) is 0 Å². The average molecular weight is 130 g/mol. The van der Waals surface area contributed by atoms with Crippen molar-refractivity contribution in [2.75, 3.05) is 6.54 Å². The van der Waals surface area contributed by atoms with Gasteiger partial charge in [-0.2, -0.15) is 5.10 Å². The highest BCUT2D eigenvalue weighted by molar-refractivity contribution is 5.86. The van der Waals surface area contributed by atoms with Crippen LogP contribution in [-0.4, -0.2) is 18.3 Å². The Hall–Kier alpha value is -1.26. The van der Waals surface area contributed by atoms with E-state index in [1.54, 1.807) is 0 Å². The predicted octanol–water partition coefficient (Wildman–Crippen LogP) is -1.65. The summed E-state index contributed by atoms with van der Waals surface area (Å²) in [6.45, 7) is 1.61. The second-order valence-corrected chi connectivity index (χ2v) is 1.53. The van der Waals surface area contributed by atoms with Crippen molar-refractivity contribution in [3.63, 3.8) is 0 Å². The number of amides is 1. The third-order valence-corrected chi connectivity index (χ3v) is 0.684. The van der Waals surface area contributed by atoms with Crippen LogP contribution in [0.5, 0.6) is 0 Å². The molecule has 0 aromatic heterocycles. The van der Waals surface area contributed by atoms with Crippen LogP contribution in [0.4, 0.5) is 0 Å². The Morgan fingerprint density at radius 1 is 1.78 bits per heavy atom. The van der Waals surface area contributed by atoms with E-state index in [2.05, 4.69) is 10.4 Å². The molecule has 52 valence electrons. The first-order valence-corrected chi connectivity index (χ1v) is 2.43. The van der Waals surface area contributed by atoms with Crippen LogP contribution >= 0.6 is 0 Å². The van der Waals surface area contributed by atoms with E-state index in [0.29, 0.717) is 0 Å². The summed E-state index contributed by atoms with van der Waals surface area (Å²) in [5, 5.41) is 5.56. The van der Waals surface area contributed by atoms with E-state index in [1.165, 1.54) is 6.92 Å². The molecule has 0 unspecified atom stereocenters. The summed E-state index contributed by atoms with van der Waals surface area (Å²) in [6.07, 6.45) is 0. The fourth-order valence-electron chi connectivity index (χ4n) is 0.261. The van der Waals surface area contributed by atoms with E-state index in [0.717, 1.165) is 0 Å². The Morgan fingerprint density at radius 2 is 2.33 bits per heavy atom. The average Bonchev–Trinajstić information content (AvgIpc) is 1.83. The third kappa shape index (κ3) is 4.60. The molecule has 0 heterocycles. The number of nitrogens with zero attached hydrogens (tertiary/aromatic N) is 1. The second kappa shape index (κ2) is 3.71. The Bertz CT molecular complexity index is 131. The van der Waals surface area contributed by atoms with Crippen LogP contribution in [-0.2, 0) is 4.79 Å². The molecule has 0 saturated carbocycles. The highest BCUT2D eigenvalue weighted by Crippen LogP contribution is 1.61. The lowest BCUT2D eigenvalue weighted by atomic mass is 10.5.